The van der Waals surface area contributed by atoms with Crippen molar-refractivity contribution in [1.82, 2.24) is 10.2 Å². The van der Waals surface area contributed by atoms with E-state index in [0.29, 0.717) is 5.89 Å². The normalized spacial score (nSPS) is 15.9. The minimum Gasteiger partial charge on any atom is -0.403 e. The van der Waals surface area contributed by atoms with Crippen LogP contribution in [0.15, 0.2) is 28.7 Å². The Kier molecular flexibility index (Phi) is 3.99. The van der Waals surface area contributed by atoms with E-state index in [9.17, 15) is 4.79 Å². The number of nitrogens with zero attached hydrogens (tertiary/aromatic N) is 2. The van der Waals surface area contributed by atoms with Gasteiger partial charge in [-0.15, -0.1) is 5.10 Å². The monoisotopic (exact) mass is 285 g/mol. The first kappa shape index (κ1) is 13.8. The van der Waals surface area contributed by atoms with Crippen LogP contribution in [-0.4, -0.2) is 16.1 Å². The first-order valence-electron chi connectivity index (χ1n) is 7.44. The summed E-state index contributed by atoms with van der Waals surface area (Å²) in [6.07, 6.45) is 5.37. The number of hydrogen-bond acceptors (Lipinski definition) is 4. The molecule has 1 aliphatic carbocycles. The predicted octanol–water partition coefficient (Wildman–Crippen LogP) is 3.56. The number of amides is 1. The molecule has 0 aliphatic heterocycles. The number of anilines is 1. The lowest BCUT2D eigenvalue weighted by Gasteiger charge is -2.19. The summed E-state index contributed by atoms with van der Waals surface area (Å²) in [7, 11) is 0. The molecular formula is C16H19N3O2. The molecule has 3 rings (SSSR count). The molecule has 0 atom stereocenters. The maximum Gasteiger partial charge on any atom is 0.322 e. The first-order chi connectivity index (χ1) is 10.2. The average molecular weight is 285 g/mol. The lowest BCUT2D eigenvalue weighted by Crippen LogP contribution is -2.24. The fourth-order valence-corrected chi connectivity index (χ4v) is 2.74. The van der Waals surface area contributed by atoms with Crippen molar-refractivity contribution in [1.29, 1.82) is 0 Å². The Balaban J connectivity index is 1.69. The van der Waals surface area contributed by atoms with Crippen molar-refractivity contribution in [2.24, 2.45) is 5.92 Å². The second kappa shape index (κ2) is 6.08. The Hall–Kier alpha value is -2.17. The summed E-state index contributed by atoms with van der Waals surface area (Å²) in [4.78, 5) is 12.1. The number of hydrogen-bond donors (Lipinski definition) is 1. The van der Waals surface area contributed by atoms with E-state index in [4.69, 9.17) is 4.42 Å². The van der Waals surface area contributed by atoms with Gasteiger partial charge in [-0.25, -0.2) is 0 Å². The highest BCUT2D eigenvalue weighted by Crippen LogP contribution is 2.25. The number of aromatic nitrogens is 2. The van der Waals surface area contributed by atoms with Gasteiger partial charge in [0.25, 0.3) is 0 Å². The van der Waals surface area contributed by atoms with Crippen molar-refractivity contribution in [3.8, 4) is 11.5 Å². The van der Waals surface area contributed by atoms with Gasteiger partial charge >= 0.3 is 6.01 Å². The average Bonchev–Trinajstić information content (AvgIpc) is 2.97. The van der Waals surface area contributed by atoms with Crippen molar-refractivity contribution in [2.45, 2.75) is 39.0 Å². The Labute approximate surface area is 123 Å². The molecule has 1 heterocycles. The van der Waals surface area contributed by atoms with Gasteiger partial charge in [0, 0.05) is 11.5 Å². The van der Waals surface area contributed by atoms with E-state index >= 15 is 0 Å². The molecular weight excluding hydrogens is 266 g/mol. The summed E-state index contributed by atoms with van der Waals surface area (Å²) in [6.45, 7) is 2.01. The summed E-state index contributed by atoms with van der Waals surface area (Å²) >= 11 is 0. The molecule has 2 aromatic rings. The number of carbonyl (C=O) groups is 1. The van der Waals surface area contributed by atoms with Crippen LogP contribution in [0.2, 0.25) is 0 Å². The Bertz CT molecular complexity index is 630. The highest BCUT2D eigenvalue weighted by Gasteiger charge is 2.22. The summed E-state index contributed by atoms with van der Waals surface area (Å²) < 4.78 is 5.53. The molecule has 1 fully saturated rings. The van der Waals surface area contributed by atoms with Gasteiger partial charge in [0.05, 0.1) is 0 Å². The Morgan fingerprint density at radius 1 is 1.24 bits per heavy atom. The molecule has 0 radical (unpaired) electrons. The second-order valence-corrected chi connectivity index (χ2v) is 5.61. The minimum atomic E-state index is -0.00542. The number of aryl methyl sites for hydroxylation is 1. The molecule has 5 heteroatoms. The molecule has 0 saturated heterocycles. The van der Waals surface area contributed by atoms with Crippen LogP contribution in [0.4, 0.5) is 6.01 Å². The zero-order valence-electron chi connectivity index (χ0n) is 12.1. The number of benzene rings is 1. The van der Waals surface area contributed by atoms with E-state index in [2.05, 4.69) is 15.5 Å². The lowest BCUT2D eigenvalue weighted by atomic mass is 9.89. The summed E-state index contributed by atoms with van der Waals surface area (Å²) in [5.41, 5.74) is 1.99. The molecule has 5 nitrogen and oxygen atoms in total. The first-order valence-corrected chi connectivity index (χ1v) is 7.44. The van der Waals surface area contributed by atoms with E-state index in [1.54, 1.807) is 0 Å². The molecule has 1 aliphatic rings. The predicted molar refractivity (Wildman–Crippen MR) is 79.7 cm³/mol. The maximum absolute atomic E-state index is 12.1. The Morgan fingerprint density at radius 3 is 2.81 bits per heavy atom. The van der Waals surface area contributed by atoms with Crippen molar-refractivity contribution >= 4 is 11.9 Å². The van der Waals surface area contributed by atoms with Gasteiger partial charge in [-0.3, -0.25) is 10.1 Å². The molecule has 21 heavy (non-hydrogen) atoms. The SMILES string of the molecule is Cc1cccc(-c2nnc(NC(=O)C3CCCCC3)o2)c1. The molecule has 1 aromatic carbocycles. The van der Waals surface area contributed by atoms with Crippen LogP contribution in [-0.2, 0) is 4.79 Å². The molecule has 0 spiro atoms. The fourth-order valence-electron chi connectivity index (χ4n) is 2.74. The number of rotatable bonds is 3. The van der Waals surface area contributed by atoms with Crippen molar-refractivity contribution in [3.05, 3.63) is 29.8 Å². The van der Waals surface area contributed by atoms with Crippen LogP contribution in [0.1, 0.15) is 37.7 Å². The fraction of sp³-hybridized carbons (Fsp3) is 0.438. The summed E-state index contributed by atoms with van der Waals surface area (Å²) in [6, 6.07) is 8.01. The van der Waals surface area contributed by atoms with Gasteiger partial charge in [0.2, 0.25) is 11.8 Å². The van der Waals surface area contributed by atoms with Crippen molar-refractivity contribution in [2.75, 3.05) is 5.32 Å². The molecule has 1 amide bonds. The number of nitrogens with one attached hydrogen (secondary N) is 1. The second-order valence-electron chi connectivity index (χ2n) is 5.61. The van der Waals surface area contributed by atoms with Crippen LogP contribution in [0, 0.1) is 12.8 Å². The van der Waals surface area contributed by atoms with Gasteiger partial charge in [0.15, 0.2) is 0 Å². The third kappa shape index (κ3) is 3.29. The maximum atomic E-state index is 12.1. The minimum absolute atomic E-state index is 0.00542. The van der Waals surface area contributed by atoms with Gasteiger partial charge in [-0.05, 0) is 31.9 Å². The zero-order chi connectivity index (χ0) is 14.7. The highest BCUT2D eigenvalue weighted by molar-refractivity contribution is 5.90. The van der Waals surface area contributed by atoms with Crippen LogP contribution in [0.3, 0.4) is 0 Å². The molecule has 0 unspecified atom stereocenters. The van der Waals surface area contributed by atoms with Gasteiger partial charge < -0.3 is 4.42 Å². The van der Waals surface area contributed by atoms with Crippen molar-refractivity contribution in [3.63, 3.8) is 0 Å². The molecule has 1 saturated carbocycles. The summed E-state index contributed by atoms with van der Waals surface area (Å²) in [5.74, 6) is 0.500. The van der Waals surface area contributed by atoms with Crippen molar-refractivity contribution < 1.29 is 9.21 Å². The van der Waals surface area contributed by atoms with E-state index < -0.39 is 0 Å². The molecule has 1 N–H and O–H groups in total. The summed E-state index contributed by atoms with van der Waals surface area (Å²) in [5, 5.41) is 10.6. The van der Waals surface area contributed by atoms with E-state index in [1.165, 1.54) is 6.42 Å². The van der Waals surface area contributed by atoms with E-state index in [1.807, 2.05) is 31.2 Å². The number of carbonyl (C=O) groups excluding carboxylic acids is 1. The highest BCUT2D eigenvalue weighted by atomic mass is 16.4. The third-order valence-corrected chi connectivity index (χ3v) is 3.90. The van der Waals surface area contributed by atoms with E-state index in [-0.39, 0.29) is 17.8 Å². The standard InChI is InChI=1S/C16H19N3O2/c1-11-6-5-9-13(10-11)15-18-19-16(21-15)17-14(20)12-7-3-2-4-8-12/h5-6,9-10,12H,2-4,7-8H2,1H3,(H,17,19,20). The Morgan fingerprint density at radius 2 is 2.05 bits per heavy atom. The largest absolute Gasteiger partial charge is 0.403 e. The molecule has 110 valence electrons. The van der Waals surface area contributed by atoms with E-state index in [0.717, 1.165) is 36.8 Å². The van der Waals surface area contributed by atoms with Crippen LogP contribution in [0.5, 0.6) is 0 Å². The van der Waals surface area contributed by atoms with Crippen LogP contribution >= 0.6 is 0 Å². The molecule has 0 bridgehead atoms. The van der Waals surface area contributed by atoms with Crippen LogP contribution in [0.25, 0.3) is 11.5 Å². The van der Waals surface area contributed by atoms with Gasteiger partial charge in [-0.2, -0.15) is 0 Å². The topological polar surface area (TPSA) is 68.0 Å². The third-order valence-electron chi connectivity index (χ3n) is 3.90. The zero-order valence-corrected chi connectivity index (χ0v) is 12.1. The lowest BCUT2D eigenvalue weighted by molar-refractivity contribution is -0.120. The smallest absolute Gasteiger partial charge is 0.322 e. The molecule has 1 aromatic heterocycles. The van der Waals surface area contributed by atoms with Gasteiger partial charge in [-0.1, -0.05) is 42.1 Å². The van der Waals surface area contributed by atoms with Gasteiger partial charge in [0.1, 0.15) is 0 Å². The van der Waals surface area contributed by atoms with Crippen LogP contribution < -0.4 is 5.32 Å². The quantitative estimate of drug-likeness (QED) is 0.936.